The van der Waals surface area contributed by atoms with Crippen LogP contribution in [0.1, 0.15) is 26.7 Å². The van der Waals surface area contributed by atoms with Gasteiger partial charge in [0.05, 0.1) is 19.3 Å². The minimum absolute atomic E-state index is 0.340. The zero-order valence-electron chi connectivity index (χ0n) is 10.1. The van der Waals surface area contributed by atoms with Crippen LogP contribution in [0, 0.1) is 0 Å². The monoisotopic (exact) mass is 215 g/mol. The molecule has 0 bridgehead atoms. The minimum atomic E-state index is 0.340. The summed E-state index contributed by atoms with van der Waals surface area (Å²) in [5.74, 6) is 0. The van der Waals surface area contributed by atoms with Crippen molar-refractivity contribution in [3.63, 3.8) is 0 Å². The van der Waals surface area contributed by atoms with Gasteiger partial charge in [-0.2, -0.15) is 0 Å². The van der Waals surface area contributed by atoms with Crippen molar-refractivity contribution in [1.82, 2.24) is 5.32 Å². The van der Waals surface area contributed by atoms with Crippen LogP contribution in [-0.4, -0.2) is 39.0 Å². The maximum atomic E-state index is 5.42. The van der Waals surface area contributed by atoms with Gasteiger partial charge in [-0.15, -0.1) is 6.58 Å². The summed E-state index contributed by atoms with van der Waals surface area (Å²) in [6, 6.07) is 0. The molecule has 0 aromatic carbocycles. The molecule has 0 radical (unpaired) electrons. The summed E-state index contributed by atoms with van der Waals surface area (Å²) < 4.78 is 10.8. The lowest BCUT2D eigenvalue weighted by atomic mass is 10.4. The van der Waals surface area contributed by atoms with Crippen LogP contribution in [0.5, 0.6) is 0 Å². The molecule has 0 aliphatic heterocycles. The van der Waals surface area contributed by atoms with E-state index in [0.717, 1.165) is 45.8 Å². The lowest BCUT2D eigenvalue weighted by molar-refractivity contribution is 0.0764. The van der Waals surface area contributed by atoms with Crippen LogP contribution in [0.2, 0.25) is 0 Å². The van der Waals surface area contributed by atoms with Gasteiger partial charge in [-0.05, 0) is 33.2 Å². The Morgan fingerprint density at radius 1 is 1.20 bits per heavy atom. The second kappa shape index (κ2) is 11.7. The first kappa shape index (κ1) is 14.6. The molecule has 0 amide bonds. The van der Waals surface area contributed by atoms with Gasteiger partial charge in [0.15, 0.2) is 0 Å². The third-order valence-electron chi connectivity index (χ3n) is 1.84. The Balaban J connectivity index is 2.89. The second-order valence-electron chi connectivity index (χ2n) is 3.71. The van der Waals surface area contributed by atoms with Gasteiger partial charge < -0.3 is 14.8 Å². The number of hydrogen-bond acceptors (Lipinski definition) is 3. The molecule has 0 atom stereocenters. The van der Waals surface area contributed by atoms with Gasteiger partial charge in [0.2, 0.25) is 0 Å². The first-order chi connectivity index (χ1) is 7.27. The molecular weight excluding hydrogens is 190 g/mol. The molecule has 0 aromatic rings. The molecule has 0 saturated heterocycles. The van der Waals surface area contributed by atoms with Gasteiger partial charge in [-0.1, -0.05) is 6.08 Å². The number of rotatable bonds is 11. The summed E-state index contributed by atoms with van der Waals surface area (Å²) in [6.45, 7) is 12.1. The minimum Gasteiger partial charge on any atom is -0.380 e. The summed E-state index contributed by atoms with van der Waals surface area (Å²) in [6.07, 6.45) is 4.20. The Kier molecular flexibility index (Phi) is 11.4. The molecule has 3 heteroatoms. The molecule has 0 aromatic heterocycles. The highest BCUT2D eigenvalue weighted by atomic mass is 16.5. The third-order valence-corrected chi connectivity index (χ3v) is 1.84. The van der Waals surface area contributed by atoms with E-state index >= 15 is 0 Å². The van der Waals surface area contributed by atoms with E-state index in [0.29, 0.717) is 6.10 Å². The molecule has 0 fully saturated rings. The molecule has 90 valence electrons. The van der Waals surface area contributed by atoms with Crippen molar-refractivity contribution in [3.05, 3.63) is 12.7 Å². The molecule has 0 saturated carbocycles. The fourth-order valence-electron chi connectivity index (χ4n) is 1.05. The Morgan fingerprint density at radius 2 is 2.00 bits per heavy atom. The highest BCUT2D eigenvalue weighted by molar-refractivity contribution is 4.64. The molecule has 0 rings (SSSR count). The summed E-state index contributed by atoms with van der Waals surface area (Å²) in [5, 5.41) is 3.31. The van der Waals surface area contributed by atoms with Crippen molar-refractivity contribution in [1.29, 1.82) is 0 Å². The quantitative estimate of drug-likeness (QED) is 0.422. The van der Waals surface area contributed by atoms with Crippen molar-refractivity contribution in [2.24, 2.45) is 0 Å². The largest absolute Gasteiger partial charge is 0.380 e. The van der Waals surface area contributed by atoms with E-state index in [-0.39, 0.29) is 0 Å². The van der Waals surface area contributed by atoms with E-state index in [2.05, 4.69) is 25.7 Å². The van der Waals surface area contributed by atoms with Gasteiger partial charge in [0.1, 0.15) is 0 Å². The first-order valence-electron chi connectivity index (χ1n) is 5.78. The molecule has 0 spiro atoms. The zero-order chi connectivity index (χ0) is 11.4. The van der Waals surface area contributed by atoms with Gasteiger partial charge in [-0.25, -0.2) is 0 Å². The van der Waals surface area contributed by atoms with E-state index in [4.69, 9.17) is 9.47 Å². The van der Waals surface area contributed by atoms with E-state index in [1.807, 2.05) is 6.08 Å². The molecule has 3 nitrogen and oxygen atoms in total. The molecule has 0 aliphatic carbocycles. The molecule has 15 heavy (non-hydrogen) atoms. The van der Waals surface area contributed by atoms with Gasteiger partial charge >= 0.3 is 0 Å². The Labute approximate surface area is 93.8 Å². The van der Waals surface area contributed by atoms with E-state index in [1.54, 1.807) is 0 Å². The first-order valence-corrected chi connectivity index (χ1v) is 5.78. The predicted octanol–water partition coefficient (Wildman–Crippen LogP) is 1.98. The van der Waals surface area contributed by atoms with Gasteiger partial charge in [-0.3, -0.25) is 0 Å². The third kappa shape index (κ3) is 13.6. The molecule has 0 heterocycles. The molecule has 1 N–H and O–H groups in total. The van der Waals surface area contributed by atoms with Crippen LogP contribution < -0.4 is 5.32 Å². The van der Waals surface area contributed by atoms with Crippen molar-refractivity contribution in [3.8, 4) is 0 Å². The smallest absolute Gasteiger partial charge is 0.0591 e. The fourth-order valence-corrected chi connectivity index (χ4v) is 1.05. The van der Waals surface area contributed by atoms with Crippen LogP contribution in [-0.2, 0) is 9.47 Å². The lowest BCUT2D eigenvalue weighted by Crippen LogP contribution is -2.22. The summed E-state index contributed by atoms with van der Waals surface area (Å²) in [7, 11) is 0. The SMILES string of the molecule is C=CCCOCCNCCCOC(C)C. The molecule has 0 aliphatic rings. The standard InChI is InChI=1S/C12H25NO2/c1-4-5-9-14-11-8-13-7-6-10-15-12(2)3/h4,12-13H,1,5-11H2,2-3H3. The van der Waals surface area contributed by atoms with Crippen molar-refractivity contribution < 1.29 is 9.47 Å². The summed E-state index contributed by atoms with van der Waals surface area (Å²) in [4.78, 5) is 0. The van der Waals surface area contributed by atoms with E-state index in [9.17, 15) is 0 Å². The van der Waals surface area contributed by atoms with Crippen molar-refractivity contribution >= 4 is 0 Å². The van der Waals surface area contributed by atoms with Gasteiger partial charge in [0.25, 0.3) is 0 Å². The van der Waals surface area contributed by atoms with Crippen molar-refractivity contribution in [2.45, 2.75) is 32.8 Å². The number of nitrogens with one attached hydrogen (secondary N) is 1. The summed E-state index contributed by atoms with van der Waals surface area (Å²) in [5.41, 5.74) is 0. The topological polar surface area (TPSA) is 30.5 Å². The second-order valence-corrected chi connectivity index (χ2v) is 3.71. The zero-order valence-corrected chi connectivity index (χ0v) is 10.1. The Morgan fingerprint density at radius 3 is 2.67 bits per heavy atom. The average molecular weight is 215 g/mol. The maximum absolute atomic E-state index is 5.42. The van der Waals surface area contributed by atoms with Crippen LogP contribution in [0.15, 0.2) is 12.7 Å². The fraction of sp³-hybridized carbons (Fsp3) is 0.833. The highest BCUT2D eigenvalue weighted by Gasteiger charge is 1.92. The summed E-state index contributed by atoms with van der Waals surface area (Å²) >= 11 is 0. The van der Waals surface area contributed by atoms with Crippen LogP contribution in [0.4, 0.5) is 0 Å². The molecular formula is C12H25NO2. The van der Waals surface area contributed by atoms with Crippen LogP contribution in [0.25, 0.3) is 0 Å². The van der Waals surface area contributed by atoms with Crippen LogP contribution >= 0.6 is 0 Å². The number of hydrogen-bond donors (Lipinski definition) is 1. The van der Waals surface area contributed by atoms with Gasteiger partial charge in [0, 0.05) is 13.2 Å². The predicted molar refractivity (Wildman–Crippen MR) is 64.2 cm³/mol. The Bertz CT molecular complexity index is 138. The van der Waals surface area contributed by atoms with Crippen molar-refractivity contribution in [2.75, 3.05) is 32.9 Å². The maximum Gasteiger partial charge on any atom is 0.0591 e. The lowest BCUT2D eigenvalue weighted by Gasteiger charge is -2.08. The van der Waals surface area contributed by atoms with E-state index < -0.39 is 0 Å². The Hall–Kier alpha value is -0.380. The van der Waals surface area contributed by atoms with E-state index in [1.165, 1.54) is 0 Å². The molecule has 0 unspecified atom stereocenters. The highest BCUT2D eigenvalue weighted by Crippen LogP contribution is 1.89. The normalized spacial score (nSPS) is 10.9. The average Bonchev–Trinajstić information content (AvgIpc) is 2.20. The number of ether oxygens (including phenoxy) is 2. The van der Waals surface area contributed by atoms with Crippen LogP contribution in [0.3, 0.4) is 0 Å².